The number of carboxylic acid groups (broad SMARTS) is 1. The lowest BCUT2D eigenvalue weighted by Gasteiger charge is -2.29. The number of benzene rings is 3. The molecule has 3 aromatic rings. The highest BCUT2D eigenvalue weighted by Gasteiger charge is 2.18. The first kappa shape index (κ1) is 29.9. The summed E-state index contributed by atoms with van der Waals surface area (Å²) in [5.74, 6) is -0.223. The normalized spacial score (nSPS) is 12.6. The van der Waals surface area contributed by atoms with E-state index in [1.54, 1.807) is 11.9 Å². The first-order chi connectivity index (χ1) is 18.1. The molecule has 5 heteroatoms. The standard InChI is InChI=1S/C33H44N2O2S/c1-25(23-34-33(3,4)20-10-14-27-11-7-6-8-12-27)24-35(5)38-30-17-18-31(26(2)21-30)29-15-9-13-28(22-29)16-19-32(36)37/h6-9,11-13,15,17-18,21-22,25,34H,10,14,16,19-20,23-24H2,1-5H3,(H,36,37)/t25-/m1/s1. The fourth-order valence-electron chi connectivity index (χ4n) is 4.80. The molecule has 0 unspecified atom stereocenters. The zero-order valence-corrected chi connectivity index (χ0v) is 24.5. The van der Waals surface area contributed by atoms with Crippen molar-refractivity contribution >= 4 is 17.9 Å². The lowest BCUT2D eigenvalue weighted by atomic mass is 9.95. The van der Waals surface area contributed by atoms with Gasteiger partial charge in [-0.3, -0.25) is 4.79 Å². The van der Waals surface area contributed by atoms with Crippen LogP contribution in [0.15, 0.2) is 77.7 Å². The molecule has 0 heterocycles. The van der Waals surface area contributed by atoms with Crippen molar-refractivity contribution in [1.29, 1.82) is 0 Å². The molecule has 0 fully saturated rings. The van der Waals surface area contributed by atoms with Crippen molar-refractivity contribution in [2.24, 2.45) is 5.92 Å². The summed E-state index contributed by atoms with van der Waals surface area (Å²) in [5.41, 5.74) is 6.17. The minimum absolute atomic E-state index is 0.132. The van der Waals surface area contributed by atoms with E-state index in [1.807, 2.05) is 12.1 Å². The second kappa shape index (κ2) is 14.5. The van der Waals surface area contributed by atoms with Gasteiger partial charge >= 0.3 is 5.97 Å². The number of aliphatic carboxylic acids is 1. The molecule has 0 aliphatic carbocycles. The van der Waals surface area contributed by atoms with Gasteiger partial charge in [0.1, 0.15) is 0 Å². The van der Waals surface area contributed by atoms with E-state index in [4.69, 9.17) is 5.11 Å². The Bertz CT molecular complexity index is 1160. The van der Waals surface area contributed by atoms with E-state index in [9.17, 15) is 4.79 Å². The average Bonchev–Trinajstić information content (AvgIpc) is 2.87. The number of aryl methyl sites for hydroxylation is 3. The minimum atomic E-state index is -0.760. The van der Waals surface area contributed by atoms with Crippen LogP contribution in [0, 0.1) is 12.8 Å². The predicted molar refractivity (Wildman–Crippen MR) is 162 cm³/mol. The van der Waals surface area contributed by atoms with E-state index in [2.05, 4.69) is 105 Å². The molecule has 3 aromatic carbocycles. The first-order valence-corrected chi connectivity index (χ1v) is 14.5. The van der Waals surface area contributed by atoms with Gasteiger partial charge in [-0.25, -0.2) is 4.31 Å². The summed E-state index contributed by atoms with van der Waals surface area (Å²) < 4.78 is 2.33. The van der Waals surface area contributed by atoms with Gasteiger partial charge in [-0.15, -0.1) is 0 Å². The van der Waals surface area contributed by atoms with Crippen LogP contribution in [0.1, 0.15) is 56.7 Å². The van der Waals surface area contributed by atoms with Crippen LogP contribution in [0.4, 0.5) is 0 Å². The maximum Gasteiger partial charge on any atom is 0.303 e. The third-order valence-corrected chi connectivity index (χ3v) is 7.86. The second-order valence-corrected chi connectivity index (χ2v) is 12.5. The van der Waals surface area contributed by atoms with Crippen molar-refractivity contribution in [1.82, 2.24) is 9.62 Å². The maximum atomic E-state index is 10.9. The summed E-state index contributed by atoms with van der Waals surface area (Å²) >= 11 is 1.79. The monoisotopic (exact) mass is 532 g/mol. The van der Waals surface area contributed by atoms with Crippen molar-refractivity contribution in [3.05, 3.63) is 89.5 Å². The zero-order valence-electron chi connectivity index (χ0n) is 23.7. The molecule has 0 saturated heterocycles. The number of rotatable bonds is 15. The lowest BCUT2D eigenvalue weighted by molar-refractivity contribution is -0.136. The number of carbonyl (C=O) groups is 1. The highest BCUT2D eigenvalue weighted by atomic mass is 32.2. The molecular formula is C33H44N2O2S. The van der Waals surface area contributed by atoms with Crippen LogP contribution in [0.3, 0.4) is 0 Å². The molecule has 4 nitrogen and oxygen atoms in total. The number of hydrogen-bond donors (Lipinski definition) is 2. The number of hydrogen-bond acceptors (Lipinski definition) is 4. The highest BCUT2D eigenvalue weighted by molar-refractivity contribution is 7.97. The van der Waals surface area contributed by atoms with Gasteiger partial charge in [0.15, 0.2) is 0 Å². The van der Waals surface area contributed by atoms with Crippen LogP contribution >= 0.6 is 11.9 Å². The first-order valence-electron chi connectivity index (χ1n) is 13.7. The van der Waals surface area contributed by atoms with Gasteiger partial charge in [0.25, 0.3) is 0 Å². The van der Waals surface area contributed by atoms with Crippen LogP contribution in [-0.4, -0.2) is 41.1 Å². The third kappa shape index (κ3) is 10.3. The Kier molecular flexibility index (Phi) is 11.4. The summed E-state index contributed by atoms with van der Waals surface area (Å²) in [5, 5.41) is 12.8. The molecule has 0 aliphatic rings. The molecular weight excluding hydrogens is 488 g/mol. The smallest absolute Gasteiger partial charge is 0.303 e. The van der Waals surface area contributed by atoms with Crippen molar-refractivity contribution < 1.29 is 9.90 Å². The summed E-state index contributed by atoms with van der Waals surface area (Å²) in [6, 6.07) is 25.6. The van der Waals surface area contributed by atoms with Crippen molar-refractivity contribution in [3.8, 4) is 11.1 Å². The molecule has 3 rings (SSSR count). The fourth-order valence-corrected chi connectivity index (χ4v) is 5.85. The van der Waals surface area contributed by atoms with E-state index in [1.165, 1.54) is 28.0 Å². The summed E-state index contributed by atoms with van der Waals surface area (Å²) in [6.45, 7) is 11.1. The molecule has 0 aromatic heterocycles. The Labute approximate surface area is 234 Å². The highest BCUT2D eigenvalue weighted by Crippen LogP contribution is 2.30. The van der Waals surface area contributed by atoms with Crippen molar-refractivity contribution in [3.63, 3.8) is 0 Å². The molecule has 0 amide bonds. The van der Waals surface area contributed by atoms with Crippen LogP contribution in [0.5, 0.6) is 0 Å². The van der Waals surface area contributed by atoms with Gasteiger partial charge in [-0.1, -0.05) is 67.6 Å². The van der Waals surface area contributed by atoms with Crippen LogP contribution in [-0.2, 0) is 17.6 Å². The second-order valence-electron chi connectivity index (χ2n) is 11.2. The van der Waals surface area contributed by atoms with Gasteiger partial charge in [-0.05, 0) is 118 Å². The van der Waals surface area contributed by atoms with Crippen LogP contribution in [0.2, 0.25) is 0 Å². The molecule has 2 N–H and O–H groups in total. The number of nitrogens with one attached hydrogen (secondary N) is 1. The quantitative estimate of drug-likeness (QED) is 0.197. The van der Waals surface area contributed by atoms with E-state index < -0.39 is 5.97 Å². The van der Waals surface area contributed by atoms with E-state index in [-0.39, 0.29) is 12.0 Å². The Morgan fingerprint density at radius 1 is 1.00 bits per heavy atom. The Balaban J connectivity index is 1.46. The van der Waals surface area contributed by atoms with Gasteiger partial charge in [-0.2, -0.15) is 0 Å². The van der Waals surface area contributed by atoms with E-state index >= 15 is 0 Å². The van der Waals surface area contributed by atoms with Crippen molar-refractivity contribution in [2.45, 2.75) is 70.2 Å². The Hall–Kier alpha value is -2.60. The summed E-state index contributed by atoms with van der Waals surface area (Å²) in [7, 11) is 2.17. The largest absolute Gasteiger partial charge is 0.481 e. The molecule has 0 saturated carbocycles. The molecule has 1 atom stereocenters. The van der Waals surface area contributed by atoms with E-state index in [0.29, 0.717) is 12.3 Å². The third-order valence-electron chi connectivity index (χ3n) is 6.93. The lowest BCUT2D eigenvalue weighted by Crippen LogP contribution is -2.43. The topological polar surface area (TPSA) is 52.6 Å². The SMILES string of the molecule is Cc1cc(SN(C)C[C@H](C)CNC(C)(C)CCCc2ccccc2)ccc1-c1cccc(CCC(=O)O)c1. The van der Waals surface area contributed by atoms with E-state index in [0.717, 1.165) is 37.1 Å². The molecule has 0 spiro atoms. The number of carboxylic acids is 1. The molecule has 0 aliphatic heterocycles. The maximum absolute atomic E-state index is 10.9. The summed E-state index contributed by atoms with van der Waals surface area (Å²) in [6.07, 6.45) is 4.20. The molecule has 0 bridgehead atoms. The van der Waals surface area contributed by atoms with Crippen LogP contribution < -0.4 is 5.32 Å². The van der Waals surface area contributed by atoms with Gasteiger partial charge in [0, 0.05) is 23.4 Å². The van der Waals surface area contributed by atoms with Gasteiger partial charge < -0.3 is 10.4 Å². The average molecular weight is 533 g/mol. The Morgan fingerprint density at radius 3 is 2.45 bits per heavy atom. The van der Waals surface area contributed by atoms with Crippen molar-refractivity contribution in [2.75, 3.05) is 20.1 Å². The van der Waals surface area contributed by atoms with Crippen LogP contribution in [0.25, 0.3) is 11.1 Å². The van der Waals surface area contributed by atoms with Gasteiger partial charge in [0.2, 0.25) is 0 Å². The fraction of sp³-hybridized carbons (Fsp3) is 0.424. The predicted octanol–water partition coefficient (Wildman–Crippen LogP) is 7.65. The molecule has 38 heavy (non-hydrogen) atoms. The Morgan fingerprint density at radius 2 is 1.74 bits per heavy atom. The number of nitrogens with zero attached hydrogens (tertiary/aromatic N) is 1. The van der Waals surface area contributed by atoms with Gasteiger partial charge in [0.05, 0.1) is 0 Å². The molecule has 0 radical (unpaired) electrons. The summed E-state index contributed by atoms with van der Waals surface area (Å²) in [4.78, 5) is 12.2. The zero-order chi connectivity index (χ0) is 27.5. The molecule has 204 valence electrons. The minimum Gasteiger partial charge on any atom is -0.481 e.